The minimum atomic E-state index is 0.145. The maximum atomic E-state index is 5.89. The first-order chi connectivity index (χ1) is 9.20. The van der Waals surface area contributed by atoms with Crippen molar-refractivity contribution in [1.82, 2.24) is 19.5 Å². The topological polar surface area (TPSA) is 52.8 Å². The number of hydrogen-bond acceptors (Lipinski definition) is 4. The summed E-state index contributed by atoms with van der Waals surface area (Å²) in [4.78, 5) is 12.8. The molecule has 0 saturated carbocycles. The van der Waals surface area contributed by atoms with Gasteiger partial charge in [-0.15, -0.1) is 0 Å². The lowest BCUT2D eigenvalue weighted by atomic mass is 10.2. The first-order valence-electron chi connectivity index (χ1n) is 5.70. The molecule has 6 heteroatoms. The lowest BCUT2D eigenvalue weighted by Crippen LogP contribution is -1.96. The smallest absolute Gasteiger partial charge is 0.246 e. The van der Waals surface area contributed by atoms with E-state index in [1.54, 1.807) is 0 Å². The number of aryl methyl sites for hydroxylation is 1. The molecule has 0 spiro atoms. The van der Waals surface area contributed by atoms with Gasteiger partial charge in [0.15, 0.2) is 11.2 Å². The first-order valence-corrected chi connectivity index (χ1v) is 6.08. The molecule has 0 saturated heterocycles. The Morgan fingerprint density at radius 3 is 2.53 bits per heavy atom. The Hall–Kier alpha value is -2.14. The third-order valence-electron chi connectivity index (χ3n) is 2.88. The Labute approximate surface area is 114 Å². The molecule has 0 N–H and O–H groups in total. The number of halogens is 1. The second-order valence-corrected chi connectivity index (χ2v) is 4.37. The van der Waals surface area contributed by atoms with E-state index >= 15 is 0 Å². The molecule has 0 unspecified atom stereocenters. The molecule has 3 aromatic rings. The summed E-state index contributed by atoms with van der Waals surface area (Å²) in [6.45, 7) is 0. The molecule has 0 aliphatic heterocycles. The fraction of sp³-hybridized carbons (Fsp3) is 0.154. The summed E-state index contributed by atoms with van der Waals surface area (Å²) >= 11 is 5.89. The van der Waals surface area contributed by atoms with Crippen molar-refractivity contribution in [3.8, 4) is 17.3 Å². The van der Waals surface area contributed by atoms with E-state index in [0.717, 1.165) is 11.4 Å². The average molecular weight is 275 g/mol. The molecule has 0 bridgehead atoms. The lowest BCUT2D eigenvalue weighted by Gasteiger charge is -2.01. The Morgan fingerprint density at radius 1 is 1.11 bits per heavy atom. The number of rotatable bonds is 2. The Kier molecular flexibility index (Phi) is 2.83. The second-order valence-electron chi connectivity index (χ2n) is 4.03. The molecule has 0 amide bonds. The van der Waals surface area contributed by atoms with Gasteiger partial charge in [-0.3, -0.25) is 0 Å². The van der Waals surface area contributed by atoms with Gasteiger partial charge in [0.05, 0.1) is 7.11 Å². The summed E-state index contributed by atoms with van der Waals surface area (Å²) in [5.41, 5.74) is 2.25. The number of benzene rings is 1. The zero-order valence-corrected chi connectivity index (χ0v) is 11.2. The molecule has 96 valence electrons. The summed E-state index contributed by atoms with van der Waals surface area (Å²) in [5, 5.41) is 0.145. The van der Waals surface area contributed by atoms with Crippen LogP contribution in [-0.2, 0) is 7.05 Å². The SMILES string of the molecule is COc1nc(Cl)nc2c1nc(-c1ccccc1)n2C. The Morgan fingerprint density at radius 2 is 1.84 bits per heavy atom. The van der Waals surface area contributed by atoms with Crippen molar-refractivity contribution in [2.75, 3.05) is 7.11 Å². The summed E-state index contributed by atoms with van der Waals surface area (Å²) in [6.07, 6.45) is 0. The minimum absolute atomic E-state index is 0.145. The number of hydrogen-bond donors (Lipinski definition) is 0. The van der Waals surface area contributed by atoms with Gasteiger partial charge in [0.2, 0.25) is 11.2 Å². The van der Waals surface area contributed by atoms with E-state index in [4.69, 9.17) is 16.3 Å². The van der Waals surface area contributed by atoms with E-state index in [9.17, 15) is 0 Å². The van der Waals surface area contributed by atoms with Gasteiger partial charge >= 0.3 is 0 Å². The van der Waals surface area contributed by atoms with Crippen LogP contribution in [0.3, 0.4) is 0 Å². The number of nitrogens with zero attached hydrogens (tertiary/aromatic N) is 4. The zero-order valence-electron chi connectivity index (χ0n) is 10.5. The van der Waals surface area contributed by atoms with Crippen LogP contribution < -0.4 is 4.74 Å². The van der Waals surface area contributed by atoms with E-state index in [-0.39, 0.29) is 5.28 Å². The molecule has 0 radical (unpaired) electrons. The monoisotopic (exact) mass is 274 g/mol. The fourth-order valence-corrected chi connectivity index (χ4v) is 2.16. The third kappa shape index (κ3) is 1.92. The summed E-state index contributed by atoms with van der Waals surface area (Å²) < 4.78 is 7.08. The molecule has 5 nitrogen and oxygen atoms in total. The average Bonchev–Trinajstić information content (AvgIpc) is 2.76. The summed E-state index contributed by atoms with van der Waals surface area (Å²) in [5.74, 6) is 1.18. The Bertz CT molecular complexity index is 739. The van der Waals surface area contributed by atoms with Crippen molar-refractivity contribution in [2.45, 2.75) is 0 Å². The molecule has 0 fully saturated rings. The zero-order chi connectivity index (χ0) is 13.4. The van der Waals surface area contributed by atoms with Gasteiger partial charge in [-0.2, -0.15) is 9.97 Å². The highest BCUT2D eigenvalue weighted by molar-refractivity contribution is 6.28. The maximum Gasteiger partial charge on any atom is 0.246 e. The molecular formula is C13H11ClN4O. The van der Waals surface area contributed by atoms with Crippen molar-refractivity contribution >= 4 is 22.8 Å². The van der Waals surface area contributed by atoms with Gasteiger partial charge in [-0.05, 0) is 11.6 Å². The molecule has 1 aromatic carbocycles. The van der Waals surface area contributed by atoms with E-state index in [1.807, 2.05) is 41.9 Å². The quantitative estimate of drug-likeness (QED) is 0.674. The highest BCUT2D eigenvalue weighted by Crippen LogP contribution is 2.28. The fourth-order valence-electron chi connectivity index (χ4n) is 2.00. The van der Waals surface area contributed by atoms with Crippen LogP contribution in [0.1, 0.15) is 0 Å². The van der Waals surface area contributed by atoms with E-state index in [1.165, 1.54) is 7.11 Å². The van der Waals surface area contributed by atoms with Crippen LogP contribution in [0.2, 0.25) is 5.28 Å². The predicted molar refractivity (Wildman–Crippen MR) is 73.3 cm³/mol. The number of fused-ring (bicyclic) bond motifs is 1. The van der Waals surface area contributed by atoms with E-state index < -0.39 is 0 Å². The number of aromatic nitrogens is 4. The van der Waals surface area contributed by atoms with Gasteiger partial charge in [-0.1, -0.05) is 30.3 Å². The van der Waals surface area contributed by atoms with Crippen molar-refractivity contribution in [1.29, 1.82) is 0 Å². The van der Waals surface area contributed by atoms with E-state index in [0.29, 0.717) is 17.0 Å². The third-order valence-corrected chi connectivity index (χ3v) is 3.05. The lowest BCUT2D eigenvalue weighted by molar-refractivity contribution is 0.402. The van der Waals surface area contributed by atoms with Crippen LogP contribution in [-0.4, -0.2) is 26.6 Å². The van der Waals surface area contributed by atoms with E-state index in [2.05, 4.69) is 15.0 Å². The number of ether oxygens (including phenoxy) is 1. The highest BCUT2D eigenvalue weighted by Gasteiger charge is 2.16. The molecule has 2 heterocycles. The largest absolute Gasteiger partial charge is 0.479 e. The van der Waals surface area contributed by atoms with Crippen LogP contribution in [0.4, 0.5) is 0 Å². The number of imidazole rings is 1. The molecule has 19 heavy (non-hydrogen) atoms. The van der Waals surface area contributed by atoms with Gasteiger partial charge < -0.3 is 9.30 Å². The van der Waals surface area contributed by atoms with Gasteiger partial charge in [0.25, 0.3) is 0 Å². The van der Waals surface area contributed by atoms with Crippen LogP contribution >= 0.6 is 11.6 Å². The molecule has 0 atom stereocenters. The molecule has 0 aliphatic carbocycles. The van der Waals surface area contributed by atoms with Gasteiger partial charge in [0, 0.05) is 12.6 Å². The molecular weight excluding hydrogens is 264 g/mol. The Balaban J connectivity index is 2.32. The van der Waals surface area contributed by atoms with Crippen molar-refractivity contribution in [3.63, 3.8) is 0 Å². The van der Waals surface area contributed by atoms with Gasteiger partial charge in [0.1, 0.15) is 5.82 Å². The van der Waals surface area contributed by atoms with Crippen molar-refractivity contribution in [2.24, 2.45) is 7.05 Å². The van der Waals surface area contributed by atoms with Crippen LogP contribution in [0.25, 0.3) is 22.6 Å². The van der Waals surface area contributed by atoms with Gasteiger partial charge in [-0.25, -0.2) is 4.98 Å². The summed E-state index contributed by atoms with van der Waals surface area (Å²) in [7, 11) is 3.43. The summed E-state index contributed by atoms with van der Waals surface area (Å²) in [6, 6.07) is 9.87. The van der Waals surface area contributed by atoms with Crippen LogP contribution in [0.5, 0.6) is 5.88 Å². The van der Waals surface area contributed by atoms with Crippen LogP contribution in [0, 0.1) is 0 Å². The molecule has 0 aliphatic rings. The maximum absolute atomic E-state index is 5.89. The first kappa shape index (κ1) is 11.9. The molecule has 3 rings (SSSR count). The van der Waals surface area contributed by atoms with Crippen molar-refractivity contribution < 1.29 is 4.74 Å². The minimum Gasteiger partial charge on any atom is -0.479 e. The number of methoxy groups -OCH3 is 1. The predicted octanol–water partition coefficient (Wildman–Crippen LogP) is 2.69. The van der Waals surface area contributed by atoms with Crippen molar-refractivity contribution in [3.05, 3.63) is 35.6 Å². The standard InChI is InChI=1S/C13H11ClN4O/c1-18-10(8-6-4-3-5-7-8)15-9-11(18)16-13(14)17-12(9)19-2/h3-7H,1-2H3. The second kappa shape index (κ2) is 4.51. The molecule has 2 aromatic heterocycles. The highest BCUT2D eigenvalue weighted by atomic mass is 35.5. The van der Waals surface area contributed by atoms with Crippen LogP contribution in [0.15, 0.2) is 30.3 Å². The normalized spacial score (nSPS) is 10.9.